The topological polar surface area (TPSA) is 99.3 Å². The van der Waals surface area contributed by atoms with Crippen LogP contribution in [0.15, 0.2) is 54.6 Å². The van der Waals surface area contributed by atoms with Gasteiger partial charge in [-0.3, -0.25) is 10.1 Å². The summed E-state index contributed by atoms with van der Waals surface area (Å²) in [5.74, 6) is -0.388. The first-order chi connectivity index (χ1) is 11.6. The molecule has 1 aliphatic heterocycles. The highest BCUT2D eigenvalue weighted by Gasteiger charge is 2.30. The van der Waals surface area contributed by atoms with Gasteiger partial charge in [-0.15, -0.1) is 0 Å². The summed E-state index contributed by atoms with van der Waals surface area (Å²) in [4.78, 5) is 34.6. The Balaban J connectivity index is 1.55. The van der Waals surface area contributed by atoms with Gasteiger partial charge in [0.05, 0.1) is 0 Å². The van der Waals surface area contributed by atoms with Crippen molar-refractivity contribution < 1.29 is 14.4 Å². The summed E-state index contributed by atoms with van der Waals surface area (Å²) in [7, 11) is 0. The van der Waals surface area contributed by atoms with Crippen LogP contribution in [0.5, 0.6) is 0 Å². The number of benzene rings is 2. The molecular formula is C17H16N4O3. The van der Waals surface area contributed by atoms with Crippen molar-refractivity contribution in [3.05, 3.63) is 65.7 Å². The summed E-state index contributed by atoms with van der Waals surface area (Å²) in [5.41, 5.74) is 2.24. The zero-order valence-electron chi connectivity index (χ0n) is 12.7. The van der Waals surface area contributed by atoms with Gasteiger partial charge in [-0.2, -0.15) is 0 Å². The summed E-state index contributed by atoms with van der Waals surface area (Å²) in [6.07, 6.45) is 0. The van der Waals surface area contributed by atoms with Gasteiger partial charge in [-0.05, 0) is 23.3 Å². The molecule has 1 saturated heterocycles. The minimum Gasteiger partial charge on any atom is -0.334 e. The van der Waals surface area contributed by atoms with Gasteiger partial charge in [0.2, 0.25) is 0 Å². The number of rotatable bonds is 4. The molecule has 4 N–H and O–H groups in total. The highest BCUT2D eigenvalue weighted by Crippen LogP contribution is 2.19. The number of carbonyl (C=O) groups is 3. The van der Waals surface area contributed by atoms with Crippen LogP contribution < -0.4 is 21.3 Å². The molecule has 7 nitrogen and oxygen atoms in total. The molecule has 3 rings (SSSR count). The number of carbonyl (C=O) groups excluding carboxylic acids is 3. The fourth-order valence-electron chi connectivity index (χ4n) is 2.36. The van der Waals surface area contributed by atoms with Gasteiger partial charge in [0.15, 0.2) is 0 Å². The van der Waals surface area contributed by atoms with Crippen LogP contribution in [0.1, 0.15) is 17.2 Å². The second-order valence-electron chi connectivity index (χ2n) is 5.31. The number of nitrogens with one attached hydrogen (secondary N) is 4. The van der Waals surface area contributed by atoms with Crippen LogP contribution in [0, 0.1) is 0 Å². The summed E-state index contributed by atoms with van der Waals surface area (Å²) in [6, 6.07) is 14.8. The van der Waals surface area contributed by atoms with Crippen LogP contribution in [0.3, 0.4) is 0 Å². The third-order valence-electron chi connectivity index (χ3n) is 3.57. The van der Waals surface area contributed by atoms with Crippen molar-refractivity contribution in [2.75, 3.05) is 5.32 Å². The van der Waals surface area contributed by atoms with Crippen LogP contribution in [-0.2, 0) is 11.3 Å². The predicted octanol–water partition coefficient (Wildman–Crippen LogP) is 1.89. The SMILES string of the molecule is O=C(NCc1ccccc1)Nc1ccc(C2NC(=O)NC2=O)cc1. The molecule has 2 aromatic rings. The molecule has 0 radical (unpaired) electrons. The van der Waals surface area contributed by atoms with E-state index in [1.165, 1.54) is 0 Å². The molecule has 0 bridgehead atoms. The third-order valence-corrected chi connectivity index (χ3v) is 3.57. The van der Waals surface area contributed by atoms with Crippen molar-refractivity contribution >= 4 is 23.7 Å². The molecule has 0 saturated carbocycles. The molecule has 5 amide bonds. The minimum atomic E-state index is -0.696. The Hall–Kier alpha value is -3.35. The summed E-state index contributed by atoms with van der Waals surface area (Å²) >= 11 is 0. The third kappa shape index (κ3) is 3.70. The van der Waals surface area contributed by atoms with Crippen molar-refractivity contribution in [2.45, 2.75) is 12.6 Å². The average Bonchev–Trinajstić information content (AvgIpc) is 2.93. The van der Waals surface area contributed by atoms with Gasteiger partial charge < -0.3 is 16.0 Å². The van der Waals surface area contributed by atoms with E-state index in [0.29, 0.717) is 17.8 Å². The lowest BCUT2D eigenvalue weighted by atomic mass is 10.1. The largest absolute Gasteiger partial charge is 0.334 e. The highest BCUT2D eigenvalue weighted by molar-refractivity contribution is 6.04. The molecule has 7 heteroatoms. The van der Waals surface area contributed by atoms with Crippen LogP contribution in [0.25, 0.3) is 0 Å². The average molecular weight is 324 g/mol. The molecule has 0 aliphatic carbocycles. The van der Waals surface area contributed by atoms with Crippen molar-refractivity contribution in [3.63, 3.8) is 0 Å². The molecule has 1 unspecified atom stereocenters. The van der Waals surface area contributed by atoms with E-state index in [1.54, 1.807) is 24.3 Å². The Morgan fingerprint density at radius 3 is 2.33 bits per heavy atom. The zero-order chi connectivity index (χ0) is 16.9. The van der Waals surface area contributed by atoms with E-state index < -0.39 is 12.1 Å². The van der Waals surface area contributed by atoms with Gasteiger partial charge in [0.25, 0.3) is 5.91 Å². The van der Waals surface area contributed by atoms with Gasteiger partial charge >= 0.3 is 12.1 Å². The van der Waals surface area contributed by atoms with Crippen molar-refractivity contribution in [3.8, 4) is 0 Å². The summed E-state index contributed by atoms with van der Waals surface area (Å²) < 4.78 is 0. The number of imide groups is 1. The van der Waals surface area contributed by atoms with E-state index in [1.807, 2.05) is 30.3 Å². The van der Waals surface area contributed by atoms with Crippen LogP contribution in [-0.4, -0.2) is 18.0 Å². The first kappa shape index (κ1) is 15.5. The maximum atomic E-state index is 11.9. The van der Waals surface area contributed by atoms with Gasteiger partial charge in [0.1, 0.15) is 6.04 Å². The number of anilines is 1. The monoisotopic (exact) mass is 324 g/mol. The lowest BCUT2D eigenvalue weighted by molar-refractivity contribution is -0.120. The Labute approximate surface area is 138 Å². The quantitative estimate of drug-likeness (QED) is 0.646. The molecule has 0 spiro atoms. The van der Waals surface area contributed by atoms with Crippen molar-refractivity contribution in [1.82, 2.24) is 16.0 Å². The normalized spacial score (nSPS) is 16.2. The first-order valence-electron chi connectivity index (χ1n) is 7.42. The second-order valence-corrected chi connectivity index (χ2v) is 5.31. The summed E-state index contributed by atoms with van der Waals surface area (Å²) in [5, 5.41) is 10.2. The number of hydrogen-bond donors (Lipinski definition) is 4. The molecule has 2 aromatic carbocycles. The van der Waals surface area contributed by atoms with Crippen LogP contribution in [0.2, 0.25) is 0 Å². The second kappa shape index (κ2) is 6.82. The lowest BCUT2D eigenvalue weighted by Crippen LogP contribution is -2.28. The molecule has 1 atom stereocenters. The molecule has 24 heavy (non-hydrogen) atoms. The lowest BCUT2D eigenvalue weighted by Gasteiger charge is -2.10. The van der Waals surface area contributed by atoms with E-state index in [2.05, 4.69) is 21.3 Å². The van der Waals surface area contributed by atoms with E-state index >= 15 is 0 Å². The van der Waals surface area contributed by atoms with Crippen molar-refractivity contribution in [2.24, 2.45) is 0 Å². The summed E-state index contributed by atoms with van der Waals surface area (Å²) in [6.45, 7) is 0.430. The van der Waals surface area contributed by atoms with E-state index in [0.717, 1.165) is 5.56 Å². The fourth-order valence-corrected chi connectivity index (χ4v) is 2.36. The first-order valence-corrected chi connectivity index (χ1v) is 7.42. The fraction of sp³-hybridized carbons (Fsp3) is 0.118. The highest BCUT2D eigenvalue weighted by atomic mass is 16.2. The molecule has 1 aliphatic rings. The minimum absolute atomic E-state index is 0.321. The maximum absolute atomic E-state index is 11.9. The Morgan fingerprint density at radius 1 is 1.00 bits per heavy atom. The predicted molar refractivity (Wildman–Crippen MR) is 88.2 cm³/mol. The van der Waals surface area contributed by atoms with Crippen LogP contribution >= 0.6 is 0 Å². The van der Waals surface area contributed by atoms with Gasteiger partial charge in [-0.1, -0.05) is 42.5 Å². The standard InChI is InChI=1S/C17H16N4O3/c22-15-14(20-17(24)21-15)12-6-8-13(9-7-12)19-16(23)18-10-11-4-2-1-3-5-11/h1-9,14H,10H2,(H2,18,19,23)(H2,20,21,22,24). The maximum Gasteiger partial charge on any atom is 0.322 e. The number of amides is 5. The smallest absolute Gasteiger partial charge is 0.322 e. The van der Waals surface area contributed by atoms with E-state index in [-0.39, 0.29) is 11.9 Å². The number of hydrogen-bond acceptors (Lipinski definition) is 3. The Kier molecular flexibility index (Phi) is 4.42. The number of urea groups is 2. The van der Waals surface area contributed by atoms with E-state index in [9.17, 15) is 14.4 Å². The Morgan fingerprint density at radius 2 is 1.71 bits per heavy atom. The van der Waals surface area contributed by atoms with Gasteiger partial charge in [0, 0.05) is 12.2 Å². The van der Waals surface area contributed by atoms with Crippen molar-refractivity contribution in [1.29, 1.82) is 0 Å². The molecule has 1 heterocycles. The Bertz CT molecular complexity index is 759. The zero-order valence-corrected chi connectivity index (χ0v) is 12.7. The van der Waals surface area contributed by atoms with Gasteiger partial charge in [-0.25, -0.2) is 9.59 Å². The molecule has 1 fully saturated rings. The molecule has 122 valence electrons. The molecular weight excluding hydrogens is 308 g/mol. The van der Waals surface area contributed by atoms with Crippen LogP contribution in [0.4, 0.5) is 15.3 Å². The molecule has 0 aromatic heterocycles. The van der Waals surface area contributed by atoms with E-state index in [4.69, 9.17) is 0 Å².